The lowest BCUT2D eigenvalue weighted by molar-refractivity contribution is -0.113. The Morgan fingerprint density at radius 1 is 1.20 bits per heavy atom. The van der Waals surface area contributed by atoms with Gasteiger partial charge in [-0.1, -0.05) is 35.0 Å². The van der Waals surface area contributed by atoms with E-state index in [0.29, 0.717) is 38.1 Å². The minimum absolute atomic E-state index is 0.126. The zero-order valence-electron chi connectivity index (χ0n) is 19.7. The Balaban J connectivity index is 1.49. The van der Waals surface area contributed by atoms with Crippen molar-refractivity contribution in [3.8, 4) is 11.4 Å². The summed E-state index contributed by atoms with van der Waals surface area (Å²) in [6.45, 7) is 6.25. The number of anilines is 1. The third kappa shape index (κ3) is 5.85. The van der Waals surface area contributed by atoms with Gasteiger partial charge in [0.2, 0.25) is 5.91 Å². The van der Waals surface area contributed by atoms with Crippen LogP contribution in [0.1, 0.15) is 54.4 Å². The number of amides is 1. The van der Waals surface area contributed by atoms with Gasteiger partial charge in [0.25, 0.3) is 0 Å². The van der Waals surface area contributed by atoms with Gasteiger partial charge in [0.05, 0.1) is 27.5 Å². The van der Waals surface area contributed by atoms with Crippen LogP contribution in [0.15, 0.2) is 23.4 Å². The Labute approximate surface area is 222 Å². The van der Waals surface area contributed by atoms with E-state index in [1.807, 2.05) is 31.4 Å². The average Bonchev–Trinajstić information content (AvgIpc) is 3.39. The van der Waals surface area contributed by atoms with E-state index in [2.05, 4.69) is 15.5 Å². The molecular formula is C24H26Cl2N4O3S2. The molecule has 186 valence electrons. The smallest absolute Gasteiger partial charge is 0.341 e. The molecule has 0 atom stereocenters. The molecule has 1 aromatic carbocycles. The van der Waals surface area contributed by atoms with E-state index in [0.717, 1.165) is 41.7 Å². The van der Waals surface area contributed by atoms with Crippen LogP contribution < -0.4 is 5.32 Å². The number of carbonyl (C=O) groups excluding carboxylic acids is 2. The third-order valence-electron chi connectivity index (χ3n) is 5.51. The highest BCUT2D eigenvalue weighted by molar-refractivity contribution is 7.99. The molecule has 7 nitrogen and oxygen atoms in total. The van der Waals surface area contributed by atoms with Crippen molar-refractivity contribution in [1.82, 2.24) is 14.8 Å². The Bertz CT molecular complexity index is 1260. The monoisotopic (exact) mass is 552 g/mol. The van der Waals surface area contributed by atoms with E-state index in [1.54, 1.807) is 12.1 Å². The van der Waals surface area contributed by atoms with Crippen LogP contribution in [-0.4, -0.2) is 38.5 Å². The molecule has 0 spiro atoms. The summed E-state index contributed by atoms with van der Waals surface area (Å²) in [7, 11) is 0. The number of rotatable bonds is 8. The van der Waals surface area contributed by atoms with Gasteiger partial charge in [-0.2, -0.15) is 0 Å². The number of hydrogen-bond acceptors (Lipinski definition) is 7. The standard InChI is InChI=1S/C24H26Cl2N4O3S2/c1-4-30-21(14-9-10-16(25)17(26)11-14)28-29-24(30)34-12-19(31)27-22-20(23(32)33-13(2)3)15-7-5-6-8-18(15)35-22/h9-11,13H,4-8,12H2,1-3H3,(H,27,31). The van der Waals surface area contributed by atoms with E-state index < -0.39 is 0 Å². The van der Waals surface area contributed by atoms with Gasteiger partial charge in [0, 0.05) is 17.0 Å². The first-order valence-corrected chi connectivity index (χ1v) is 14.0. The summed E-state index contributed by atoms with van der Waals surface area (Å²) in [6.07, 6.45) is 3.64. The van der Waals surface area contributed by atoms with Gasteiger partial charge >= 0.3 is 5.97 Å². The fourth-order valence-electron chi connectivity index (χ4n) is 3.96. The maximum Gasteiger partial charge on any atom is 0.341 e. The number of nitrogens with zero attached hydrogens (tertiary/aromatic N) is 3. The maximum atomic E-state index is 12.9. The number of esters is 1. The molecule has 0 aliphatic heterocycles. The molecule has 1 N–H and O–H groups in total. The highest BCUT2D eigenvalue weighted by Gasteiger charge is 2.28. The van der Waals surface area contributed by atoms with Crippen LogP contribution in [0.2, 0.25) is 10.0 Å². The summed E-state index contributed by atoms with van der Waals surface area (Å²) in [5.41, 5.74) is 2.32. The van der Waals surface area contributed by atoms with Crippen molar-refractivity contribution in [1.29, 1.82) is 0 Å². The molecule has 35 heavy (non-hydrogen) atoms. The van der Waals surface area contributed by atoms with Crippen molar-refractivity contribution in [2.45, 2.75) is 64.3 Å². The van der Waals surface area contributed by atoms with Crippen molar-refractivity contribution in [3.05, 3.63) is 44.2 Å². The fraction of sp³-hybridized carbons (Fsp3) is 0.417. The molecule has 0 unspecified atom stereocenters. The van der Waals surface area contributed by atoms with Gasteiger partial charge in [-0.15, -0.1) is 21.5 Å². The van der Waals surface area contributed by atoms with E-state index >= 15 is 0 Å². The van der Waals surface area contributed by atoms with Crippen molar-refractivity contribution in [2.24, 2.45) is 0 Å². The number of benzene rings is 1. The molecule has 3 aromatic rings. The lowest BCUT2D eigenvalue weighted by atomic mass is 9.95. The van der Waals surface area contributed by atoms with Gasteiger partial charge in [-0.25, -0.2) is 4.79 Å². The van der Waals surface area contributed by atoms with Crippen molar-refractivity contribution < 1.29 is 14.3 Å². The number of halogens is 2. The lowest BCUT2D eigenvalue weighted by Crippen LogP contribution is -2.19. The van der Waals surface area contributed by atoms with Gasteiger partial charge < -0.3 is 14.6 Å². The van der Waals surface area contributed by atoms with Crippen molar-refractivity contribution in [2.75, 3.05) is 11.1 Å². The summed E-state index contributed by atoms with van der Waals surface area (Å²) in [5, 5.41) is 13.6. The summed E-state index contributed by atoms with van der Waals surface area (Å²) in [5.74, 6) is 0.188. The molecule has 1 amide bonds. The van der Waals surface area contributed by atoms with Crippen molar-refractivity contribution in [3.63, 3.8) is 0 Å². The molecule has 2 aromatic heterocycles. The molecule has 0 radical (unpaired) electrons. The Morgan fingerprint density at radius 3 is 2.69 bits per heavy atom. The van der Waals surface area contributed by atoms with Crippen LogP contribution in [-0.2, 0) is 28.9 Å². The van der Waals surface area contributed by atoms with E-state index in [-0.39, 0.29) is 23.7 Å². The van der Waals surface area contributed by atoms with Gasteiger partial charge in [-0.05, 0) is 70.2 Å². The predicted octanol–water partition coefficient (Wildman–Crippen LogP) is 6.51. The molecule has 11 heteroatoms. The maximum absolute atomic E-state index is 12.9. The van der Waals surface area contributed by atoms with E-state index in [1.165, 1.54) is 23.1 Å². The van der Waals surface area contributed by atoms with Crippen LogP contribution in [0.3, 0.4) is 0 Å². The number of thioether (sulfide) groups is 1. The Morgan fingerprint density at radius 2 is 1.97 bits per heavy atom. The third-order valence-corrected chi connectivity index (χ3v) is 8.43. The van der Waals surface area contributed by atoms with E-state index in [9.17, 15) is 9.59 Å². The number of carbonyl (C=O) groups is 2. The zero-order chi connectivity index (χ0) is 25.1. The number of thiophene rings is 1. The van der Waals surface area contributed by atoms with Crippen LogP contribution >= 0.6 is 46.3 Å². The second-order valence-corrected chi connectivity index (χ2v) is 11.2. The van der Waals surface area contributed by atoms with Gasteiger partial charge in [0.1, 0.15) is 5.00 Å². The molecule has 1 aliphatic carbocycles. The van der Waals surface area contributed by atoms with E-state index in [4.69, 9.17) is 27.9 Å². The summed E-state index contributed by atoms with van der Waals surface area (Å²) >= 11 is 15.0. The molecule has 0 fully saturated rings. The minimum Gasteiger partial charge on any atom is -0.459 e. The van der Waals surface area contributed by atoms with Gasteiger partial charge in [-0.3, -0.25) is 4.79 Å². The number of ether oxygens (including phenoxy) is 1. The molecule has 2 heterocycles. The number of aryl methyl sites for hydroxylation is 1. The molecular weight excluding hydrogens is 527 g/mol. The summed E-state index contributed by atoms with van der Waals surface area (Å²) < 4.78 is 7.40. The second-order valence-electron chi connectivity index (χ2n) is 8.39. The highest BCUT2D eigenvalue weighted by Crippen LogP contribution is 2.39. The Kier molecular flexibility index (Phi) is 8.42. The minimum atomic E-state index is -0.376. The zero-order valence-corrected chi connectivity index (χ0v) is 22.8. The number of aromatic nitrogens is 3. The lowest BCUT2D eigenvalue weighted by Gasteiger charge is -2.14. The molecule has 1 aliphatic rings. The van der Waals surface area contributed by atoms with Crippen LogP contribution in [0.25, 0.3) is 11.4 Å². The first kappa shape index (κ1) is 26.0. The number of hydrogen-bond donors (Lipinski definition) is 1. The highest BCUT2D eigenvalue weighted by atomic mass is 35.5. The topological polar surface area (TPSA) is 86.1 Å². The first-order chi connectivity index (χ1) is 16.8. The largest absolute Gasteiger partial charge is 0.459 e. The summed E-state index contributed by atoms with van der Waals surface area (Å²) in [4.78, 5) is 26.9. The fourth-order valence-corrected chi connectivity index (χ4v) is 6.36. The molecule has 4 rings (SSSR count). The molecule has 0 saturated heterocycles. The van der Waals surface area contributed by atoms with Crippen molar-refractivity contribution >= 4 is 63.2 Å². The second kappa shape index (κ2) is 11.3. The van der Waals surface area contributed by atoms with Gasteiger partial charge in [0.15, 0.2) is 11.0 Å². The Hall–Kier alpha value is -2.07. The first-order valence-electron chi connectivity index (χ1n) is 11.4. The quantitative estimate of drug-likeness (QED) is 0.253. The number of nitrogens with one attached hydrogen (secondary N) is 1. The van der Waals surface area contributed by atoms with Crippen LogP contribution in [0.4, 0.5) is 5.00 Å². The van der Waals surface area contributed by atoms with Crippen LogP contribution in [0.5, 0.6) is 0 Å². The average molecular weight is 554 g/mol. The normalized spacial score (nSPS) is 13.1. The SMILES string of the molecule is CCn1c(SCC(=O)Nc2sc3c(c2C(=O)OC(C)C)CCCC3)nnc1-c1ccc(Cl)c(Cl)c1. The predicted molar refractivity (Wildman–Crippen MR) is 142 cm³/mol. The molecule has 0 saturated carbocycles. The summed E-state index contributed by atoms with van der Waals surface area (Å²) in [6, 6.07) is 5.30. The van der Waals surface area contributed by atoms with Crippen LogP contribution in [0, 0.1) is 0 Å². The molecule has 0 bridgehead atoms. The number of fused-ring (bicyclic) bond motifs is 1.